The van der Waals surface area contributed by atoms with Crippen molar-refractivity contribution in [3.8, 4) is 0 Å². The van der Waals surface area contributed by atoms with E-state index in [1.54, 1.807) is 4.68 Å². The van der Waals surface area contributed by atoms with Crippen molar-refractivity contribution in [3.63, 3.8) is 0 Å². The third-order valence-corrected chi connectivity index (χ3v) is 4.30. The number of morpholine rings is 1. The fourth-order valence-electron chi connectivity index (χ4n) is 2.97. The highest BCUT2D eigenvalue weighted by atomic mass is 16.5. The van der Waals surface area contributed by atoms with Gasteiger partial charge in [0, 0.05) is 25.5 Å². The predicted molar refractivity (Wildman–Crippen MR) is 83.9 cm³/mol. The SMILES string of the molecule is CC[C@@H]1CN(C(=O)c2cc3c(C)nn(C)c3nc2C)CCO1. The molecule has 0 N–H and O–H groups in total. The van der Waals surface area contributed by atoms with Crippen molar-refractivity contribution in [1.29, 1.82) is 0 Å². The second-order valence-electron chi connectivity index (χ2n) is 5.85. The number of ether oxygens (including phenoxy) is 1. The molecule has 0 aromatic carbocycles. The lowest BCUT2D eigenvalue weighted by Crippen LogP contribution is -2.45. The molecule has 3 rings (SSSR count). The Labute approximate surface area is 130 Å². The maximum atomic E-state index is 12.8. The first kappa shape index (κ1) is 15.0. The third-order valence-electron chi connectivity index (χ3n) is 4.30. The van der Waals surface area contributed by atoms with Crippen LogP contribution >= 0.6 is 0 Å². The number of carbonyl (C=O) groups is 1. The van der Waals surface area contributed by atoms with Crippen molar-refractivity contribution in [2.75, 3.05) is 19.7 Å². The van der Waals surface area contributed by atoms with Gasteiger partial charge in [-0.3, -0.25) is 9.48 Å². The van der Waals surface area contributed by atoms with Crippen LogP contribution in [-0.2, 0) is 11.8 Å². The van der Waals surface area contributed by atoms with Gasteiger partial charge < -0.3 is 9.64 Å². The first-order chi connectivity index (χ1) is 10.5. The molecule has 0 bridgehead atoms. The van der Waals surface area contributed by atoms with E-state index < -0.39 is 0 Å². The van der Waals surface area contributed by atoms with Gasteiger partial charge in [0.15, 0.2) is 5.65 Å². The Bertz CT molecular complexity index is 722. The van der Waals surface area contributed by atoms with Crippen LogP contribution < -0.4 is 0 Å². The van der Waals surface area contributed by atoms with Crippen LogP contribution in [-0.4, -0.2) is 51.4 Å². The number of aryl methyl sites for hydroxylation is 3. The van der Waals surface area contributed by atoms with Crippen LogP contribution in [0, 0.1) is 13.8 Å². The third kappa shape index (κ3) is 2.47. The lowest BCUT2D eigenvalue weighted by atomic mass is 10.1. The van der Waals surface area contributed by atoms with Crippen molar-refractivity contribution in [2.24, 2.45) is 7.05 Å². The quantitative estimate of drug-likeness (QED) is 0.849. The Morgan fingerprint density at radius 3 is 2.91 bits per heavy atom. The van der Waals surface area contributed by atoms with E-state index in [1.807, 2.05) is 31.9 Å². The van der Waals surface area contributed by atoms with Crippen LogP contribution in [0.2, 0.25) is 0 Å². The molecule has 0 spiro atoms. The molecule has 2 aromatic heterocycles. The molecule has 118 valence electrons. The largest absolute Gasteiger partial charge is 0.375 e. The Hall–Kier alpha value is -1.95. The second-order valence-corrected chi connectivity index (χ2v) is 5.85. The summed E-state index contributed by atoms with van der Waals surface area (Å²) in [5, 5.41) is 5.32. The number of aromatic nitrogens is 3. The molecule has 1 aliphatic rings. The summed E-state index contributed by atoms with van der Waals surface area (Å²) in [6.45, 7) is 7.79. The standard InChI is InChI=1S/C16H22N4O2/c1-5-12-9-20(6-7-22-12)16(21)14-8-13-11(3)18-19(4)15(13)17-10(14)2/h8,12H,5-7,9H2,1-4H3/t12-/m1/s1. The van der Waals surface area contributed by atoms with Crippen molar-refractivity contribution >= 4 is 16.9 Å². The van der Waals surface area contributed by atoms with Crippen LogP contribution in [0.1, 0.15) is 35.1 Å². The number of rotatable bonds is 2. The van der Waals surface area contributed by atoms with Gasteiger partial charge in [-0.2, -0.15) is 5.10 Å². The smallest absolute Gasteiger partial charge is 0.255 e. The van der Waals surface area contributed by atoms with Gasteiger partial charge in [0.25, 0.3) is 5.91 Å². The number of fused-ring (bicyclic) bond motifs is 1. The lowest BCUT2D eigenvalue weighted by molar-refractivity contribution is -0.0226. The summed E-state index contributed by atoms with van der Waals surface area (Å²) in [5.41, 5.74) is 3.13. The van der Waals surface area contributed by atoms with Gasteiger partial charge in [-0.25, -0.2) is 4.98 Å². The topological polar surface area (TPSA) is 60.2 Å². The number of hydrogen-bond acceptors (Lipinski definition) is 4. The zero-order valence-electron chi connectivity index (χ0n) is 13.6. The molecule has 6 nitrogen and oxygen atoms in total. The van der Waals surface area contributed by atoms with E-state index in [-0.39, 0.29) is 12.0 Å². The summed E-state index contributed by atoms with van der Waals surface area (Å²) in [6.07, 6.45) is 1.05. The fraction of sp³-hybridized carbons (Fsp3) is 0.562. The summed E-state index contributed by atoms with van der Waals surface area (Å²) in [5.74, 6) is 0.0388. The number of amides is 1. The Morgan fingerprint density at radius 2 is 2.18 bits per heavy atom. The fourth-order valence-corrected chi connectivity index (χ4v) is 2.97. The molecule has 6 heteroatoms. The van der Waals surface area contributed by atoms with Gasteiger partial charge in [-0.1, -0.05) is 6.92 Å². The average molecular weight is 302 g/mol. The van der Waals surface area contributed by atoms with Crippen molar-refractivity contribution in [1.82, 2.24) is 19.7 Å². The monoisotopic (exact) mass is 302 g/mol. The summed E-state index contributed by atoms with van der Waals surface area (Å²) >= 11 is 0. The Morgan fingerprint density at radius 1 is 1.41 bits per heavy atom. The maximum absolute atomic E-state index is 12.8. The molecule has 0 aliphatic carbocycles. The Kier molecular flexibility index (Phi) is 3.87. The highest BCUT2D eigenvalue weighted by Gasteiger charge is 2.26. The molecular weight excluding hydrogens is 280 g/mol. The zero-order valence-corrected chi connectivity index (χ0v) is 13.6. The van der Waals surface area contributed by atoms with Crippen LogP contribution in [0.5, 0.6) is 0 Å². The number of pyridine rings is 1. The second kappa shape index (κ2) is 5.68. The van der Waals surface area contributed by atoms with Crippen LogP contribution in [0.3, 0.4) is 0 Å². The van der Waals surface area contributed by atoms with Crippen molar-refractivity contribution < 1.29 is 9.53 Å². The van der Waals surface area contributed by atoms with Gasteiger partial charge in [0.2, 0.25) is 0 Å². The number of carbonyl (C=O) groups excluding carboxylic acids is 1. The number of hydrogen-bond donors (Lipinski definition) is 0. The molecule has 1 amide bonds. The minimum Gasteiger partial charge on any atom is -0.375 e. The molecule has 1 saturated heterocycles. The van der Waals surface area contributed by atoms with Gasteiger partial charge in [-0.15, -0.1) is 0 Å². The van der Waals surface area contributed by atoms with Crippen LogP contribution in [0.4, 0.5) is 0 Å². The molecule has 22 heavy (non-hydrogen) atoms. The van der Waals surface area contributed by atoms with Gasteiger partial charge in [0.05, 0.1) is 29.7 Å². The van der Waals surface area contributed by atoms with Gasteiger partial charge in [-0.05, 0) is 26.3 Å². The molecule has 1 fully saturated rings. The predicted octanol–water partition coefficient (Wildman–Crippen LogP) is 1.84. The summed E-state index contributed by atoms with van der Waals surface area (Å²) < 4.78 is 7.40. The highest BCUT2D eigenvalue weighted by molar-refractivity contribution is 5.98. The van der Waals surface area contributed by atoms with E-state index in [0.29, 0.717) is 25.3 Å². The van der Waals surface area contributed by atoms with E-state index in [9.17, 15) is 4.79 Å². The van der Waals surface area contributed by atoms with Gasteiger partial charge in [0.1, 0.15) is 0 Å². The molecular formula is C16H22N4O2. The first-order valence-corrected chi connectivity index (χ1v) is 7.73. The lowest BCUT2D eigenvalue weighted by Gasteiger charge is -2.32. The van der Waals surface area contributed by atoms with E-state index in [4.69, 9.17) is 4.74 Å². The molecule has 0 unspecified atom stereocenters. The normalized spacial score (nSPS) is 18.9. The van der Waals surface area contributed by atoms with Crippen molar-refractivity contribution in [2.45, 2.75) is 33.3 Å². The Balaban J connectivity index is 1.96. The summed E-state index contributed by atoms with van der Waals surface area (Å²) in [6, 6.07) is 1.93. The molecule has 0 radical (unpaired) electrons. The van der Waals surface area contributed by atoms with Crippen LogP contribution in [0.25, 0.3) is 11.0 Å². The van der Waals surface area contributed by atoms with Crippen molar-refractivity contribution in [3.05, 3.63) is 23.0 Å². The average Bonchev–Trinajstić information content (AvgIpc) is 2.80. The van der Waals surface area contributed by atoms with E-state index in [1.165, 1.54) is 0 Å². The van der Waals surface area contributed by atoms with E-state index in [2.05, 4.69) is 17.0 Å². The van der Waals surface area contributed by atoms with E-state index >= 15 is 0 Å². The summed E-state index contributed by atoms with van der Waals surface area (Å²) in [4.78, 5) is 19.3. The maximum Gasteiger partial charge on any atom is 0.255 e. The minimum atomic E-state index is 0.0388. The molecule has 0 saturated carbocycles. The first-order valence-electron chi connectivity index (χ1n) is 7.73. The zero-order chi connectivity index (χ0) is 15.9. The van der Waals surface area contributed by atoms with Gasteiger partial charge >= 0.3 is 0 Å². The molecule has 2 aromatic rings. The highest BCUT2D eigenvalue weighted by Crippen LogP contribution is 2.21. The minimum absolute atomic E-state index is 0.0388. The summed E-state index contributed by atoms with van der Waals surface area (Å²) in [7, 11) is 1.87. The molecule has 3 heterocycles. The number of nitrogens with zero attached hydrogens (tertiary/aromatic N) is 4. The molecule has 1 aliphatic heterocycles. The van der Waals surface area contributed by atoms with Crippen LogP contribution in [0.15, 0.2) is 6.07 Å². The van der Waals surface area contributed by atoms with E-state index in [0.717, 1.165) is 28.8 Å². The molecule has 1 atom stereocenters.